The molecule has 5 nitrogen and oxygen atoms in total. The van der Waals surface area contributed by atoms with Gasteiger partial charge in [0, 0.05) is 30.8 Å². The van der Waals surface area contributed by atoms with Gasteiger partial charge in [0.25, 0.3) is 0 Å². The SMILES string of the molecule is CC(C)Oc1ccc(-c2ccc3ccn(CC(=O)NCCN(C)C4CCCCC4)c3c2)cc1. The molecule has 1 fully saturated rings. The molecule has 3 aromatic rings. The lowest BCUT2D eigenvalue weighted by Crippen LogP contribution is -2.40. The first-order chi connectivity index (χ1) is 16.0. The maximum Gasteiger partial charge on any atom is 0.239 e. The highest BCUT2D eigenvalue weighted by Gasteiger charge is 2.17. The van der Waals surface area contributed by atoms with Crippen LogP contribution >= 0.6 is 0 Å². The van der Waals surface area contributed by atoms with Crippen LogP contribution in [0.25, 0.3) is 22.0 Å². The van der Waals surface area contributed by atoms with Crippen molar-refractivity contribution < 1.29 is 9.53 Å². The normalized spacial score (nSPS) is 14.8. The van der Waals surface area contributed by atoms with Gasteiger partial charge in [0.15, 0.2) is 0 Å². The molecule has 0 aliphatic heterocycles. The fourth-order valence-electron chi connectivity index (χ4n) is 4.79. The number of nitrogens with one attached hydrogen (secondary N) is 1. The van der Waals surface area contributed by atoms with E-state index in [2.05, 4.69) is 53.7 Å². The van der Waals surface area contributed by atoms with Gasteiger partial charge in [-0.15, -0.1) is 0 Å². The molecule has 1 amide bonds. The number of rotatable bonds is 9. The number of likely N-dealkylation sites (N-methyl/N-ethyl adjacent to an activating group) is 1. The quantitative estimate of drug-likeness (QED) is 0.473. The van der Waals surface area contributed by atoms with Crippen LogP contribution in [-0.2, 0) is 11.3 Å². The van der Waals surface area contributed by atoms with E-state index < -0.39 is 0 Å². The van der Waals surface area contributed by atoms with Crippen molar-refractivity contribution in [2.75, 3.05) is 20.1 Å². The summed E-state index contributed by atoms with van der Waals surface area (Å²) in [4.78, 5) is 15.0. The van der Waals surface area contributed by atoms with Gasteiger partial charge in [0.2, 0.25) is 5.91 Å². The molecule has 0 bridgehead atoms. The lowest BCUT2D eigenvalue weighted by Gasteiger charge is -2.31. The van der Waals surface area contributed by atoms with E-state index in [1.54, 1.807) is 0 Å². The molecular formula is C28H37N3O2. The van der Waals surface area contributed by atoms with Gasteiger partial charge in [-0.05, 0) is 74.5 Å². The van der Waals surface area contributed by atoms with E-state index in [0.717, 1.165) is 34.3 Å². The Morgan fingerprint density at radius 3 is 2.52 bits per heavy atom. The number of nitrogens with zero attached hydrogens (tertiary/aromatic N) is 2. The van der Waals surface area contributed by atoms with Gasteiger partial charge in [0.1, 0.15) is 12.3 Å². The largest absolute Gasteiger partial charge is 0.491 e. The Labute approximate surface area is 197 Å². The number of fused-ring (bicyclic) bond motifs is 1. The summed E-state index contributed by atoms with van der Waals surface area (Å²) in [5.41, 5.74) is 3.34. The van der Waals surface area contributed by atoms with Crippen molar-refractivity contribution in [1.82, 2.24) is 14.8 Å². The first-order valence-electron chi connectivity index (χ1n) is 12.3. The minimum absolute atomic E-state index is 0.0603. The van der Waals surface area contributed by atoms with Crippen molar-refractivity contribution >= 4 is 16.8 Å². The lowest BCUT2D eigenvalue weighted by molar-refractivity contribution is -0.121. The zero-order valence-corrected chi connectivity index (χ0v) is 20.2. The van der Waals surface area contributed by atoms with Crippen molar-refractivity contribution in [1.29, 1.82) is 0 Å². The van der Waals surface area contributed by atoms with Crippen molar-refractivity contribution in [3.63, 3.8) is 0 Å². The number of benzene rings is 2. The van der Waals surface area contributed by atoms with Gasteiger partial charge in [-0.2, -0.15) is 0 Å². The monoisotopic (exact) mass is 447 g/mol. The maximum atomic E-state index is 12.6. The Morgan fingerprint density at radius 2 is 1.79 bits per heavy atom. The summed E-state index contributed by atoms with van der Waals surface area (Å²) in [6.45, 7) is 5.99. The molecule has 1 saturated carbocycles. The van der Waals surface area contributed by atoms with Gasteiger partial charge >= 0.3 is 0 Å². The molecule has 0 unspecified atom stereocenters. The third kappa shape index (κ3) is 6.17. The first kappa shape index (κ1) is 23.4. The van der Waals surface area contributed by atoms with Crippen molar-refractivity contribution in [2.24, 2.45) is 0 Å². The molecule has 1 aliphatic carbocycles. The highest BCUT2D eigenvalue weighted by molar-refractivity contribution is 5.87. The molecule has 1 aromatic heterocycles. The zero-order chi connectivity index (χ0) is 23.2. The van der Waals surface area contributed by atoms with Crippen LogP contribution in [0.1, 0.15) is 46.0 Å². The lowest BCUT2D eigenvalue weighted by atomic mass is 9.94. The van der Waals surface area contributed by atoms with E-state index in [1.807, 2.05) is 36.7 Å². The van der Waals surface area contributed by atoms with Gasteiger partial charge < -0.3 is 19.5 Å². The number of carbonyl (C=O) groups is 1. The third-order valence-electron chi connectivity index (χ3n) is 6.63. The Bertz CT molecular complexity index is 1050. The smallest absolute Gasteiger partial charge is 0.239 e. The van der Waals surface area contributed by atoms with Gasteiger partial charge in [-0.3, -0.25) is 4.79 Å². The molecule has 4 rings (SSSR count). The molecule has 0 saturated heterocycles. The van der Waals surface area contributed by atoms with Crippen LogP contribution in [0, 0.1) is 0 Å². The van der Waals surface area contributed by atoms with Crippen molar-refractivity contribution in [3.8, 4) is 16.9 Å². The van der Waals surface area contributed by atoms with E-state index in [9.17, 15) is 4.79 Å². The standard InChI is InChI=1S/C28H37N3O2/c1-21(2)33-26-13-11-22(12-14-26)24-10-9-23-15-17-31(27(23)19-24)20-28(32)29-16-18-30(3)25-7-5-4-6-8-25/h9-15,17,19,21,25H,4-8,16,18,20H2,1-3H3,(H,29,32). The van der Waals surface area contributed by atoms with Crippen LogP contribution < -0.4 is 10.1 Å². The Morgan fingerprint density at radius 1 is 1.06 bits per heavy atom. The van der Waals surface area contributed by atoms with Crippen LogP contribution in [0.2, 0.25) is 0 Å². The first-order valence-corrected chi connectivity index (χ1v) is 12.3. The topological polar surface area (TPSA) is 46.5 Å². The molecule has 0 spiro atoms. The second-order valence-electron chi connectivity index (χ2n) is 9.53. The van der Waals surface area contributed by atoms with Gasteiger partial charge in [-0.25, -0.2) is 0 Å². The average Bonchev–Trinajstić information content (AvgIpc) is 3.21. The molecule has 0 radical (unpaired) electrons. The summed E-state index contributed by atoms with van der Waals surface area (Å²) in [6.07, 6.45) is 8.77. The minimum atomic E-state index is 0.0603. The Balaban J connectivity index is 1.36. The second-order valence-corrected chi connectivity index (χ2v) is 9.53. The number of ether oxygens (including phenoxy) is 1. The molecule has 1 N–H and O–H groups in total. The maximum absolute atomic E-state index is 12.6. The fourth-order valence-corrected chi connectivity index (χ4v) is 4.79. The van der Waals surface area contributed by atoms with E-state index in [4.69, 9.17) is 4.74 Å². The summed E-state index contributed by atoms with van der Waals surface area (Å²) in [7, 11) is 2.19. The van der Waals surface area contributed by atoms with Crippen LogP contribution in [0.4, 0.5) is 0 Å². The molecular weight excluding hydrogens is 410 g/mol. The Kier molecular flexibility index (Phi) is 7.71. The summed E-state index contributed by atoms with van der Waals surface area (Å²) in [5, 5.41) is 4.25. The zero-order valence-electron chi connectivity index (χ0n) is 20.2. The fraction of sp³-hybridized carbons (Fsp3) is 0.464. The van der Waals surface area contributed by atoms with Gasteiger partial charge in [-0.1, -0.05) is 43.5 Å². The van der Waals surface area contributed by atoms with Crippen LogP contribution in [-0.4, -0.2) is 47.7 Å². The van der Waals surface area contributed by atoms with E-state index in [-0.39, 0.29) is 12.0 Å². The predicted octanol–water partition coefficient (Wildman–Crippen LogP) is 5.48. The number of amides is 1. The van der Waals surface area contributed by atoms with Crippen LogP contribution in [0.3, 0.4) is 0 Å². The number of aromatic nitrogens is 1. The summed E-state index contributed by atoms with van der Waals surface area (Å²) in [5.74, 6) is 0.939. The third-order valence-corrected chi connectivity index (χ3v) is 6.63. The van der Waals surface area contributed by atoms with E-state index >= 15 is 0 Å². The highest BCUT2D eigenvalue weighted by Crippen LogP contribution is 2.27. The minimum Gasteiger partial charge on any atom is -0.491 e. The molecule has 1 aliphatic rings. The molecule has 2 aromatic carbocycles. The van der Waals surface area contributed by atoms with Crippen LogP contribution in [0.5, 0.6) is 5.75 Å². The average molecular weight is 448 g/mol. The summed E-state index contributed by atoms with van der Waals surface area (Å²) in [6, 6.07) is 17.4. The second kappa shape index (κ2) is 10.9. The van der Waals surface area contributed by atoms with Crippen LogP contribution in [0.15, 0.2) is 54.7 Å². The number of hydrogen-bond acceptors (Lipinski definition) is 3. The summed E-state index contributed by atoms with van der Waals surface area (Å²) < 4.78 is 7.79. The van der Waals surface area contributed by atoms with Gasteiger partial charge in [0.05, 0.1) is 6.10 Å². The molecule has 1 heterocycles. The molecule has 33 heavy (non-hydrogen) atoms. The van der Waals surface area contributed by atoms with Crippen molar-refractivity contribution in [3.05, 3.63) is 54.7 Å². The molecule has 0 atom stereocenters. The predicted molar refractivity (Wildman–Crippen MR) is 136 cm³/mol. The van der Waals surface area contributed by atoms with Crippen molar-refractivity contribution in [2.45, 2.75) is 64.6 Å². The highest BCUT2D eigenvalue weighted by atomic mass is 16.5. The molecule has 176 valence electrons. The Hall–Kier alpha value is -2.79. The van der Waals surface area contributed by atoms with E-state index in [0.29, 0.717) is 19.1 Å². The number of hydrogen-bond donors (Lipinski definition) is 1. The molecule has 5 heteroatoms. The van der Waals surface area contributed by atoms with E-state index in [1.165, 1.54) is 32.1 Å². The summed E-state index contributed by atoms with van der Waals surface area (Å²) >= 11 is 0. The number of carbonyl (C=O) groups excluding carboxylic acids is 1.